The zero-order valence-electron chi connectivity index (χ0n) is 12.2. The molecule has 110 valence electrons. The Labute approximate surface area is 124 Å². The first kappa shape index (κ1) is 14.8. The van der Waals surface area contributed by atoms with Crippen LogP contribution in [0.15, 0.2) is 42.6 Å². The molecule has 2 N–H and O–H groups in total. The highest BCUT2D eigenvalue weighted by Gasteiger charge is 2.18. The van der Waals surface area contributed by atoms with Crippen LogP contribution in [0.4, 0.5) is 5.69 Å². The van der Waals surface area contributed by atoms with Gasteiger partial charge in [-0.3, -0.25) is 9.78 Å². The fraction of sp³-hybridized carbons (Fsp3) is 0.250. The number of hydrogen-bond donors (Lipinski definition) is 1. The second-order valence-corrected chi connectivity index (χ2v) is 4.64. The third-order valence-corrected chi connectivity index (χ3v) is 3.04. The summed E-state index contributed by atoms with van der Waals surface area (Å²) in [6, 6.07) is 10.8. The van der Waals surface area contributed by atoms with Gasteiger partial charge in [-0.25, -0.2) is 0 Å². The molecule has 5 nitrogen and oxygen atoms in total. The van der Waals surface area contributed by atoms with E-state index in [4.69, 9.17) is 10.5 Å². The summed E-state index contributed by atoms with van der Waals surface area (Å²) in [5.41, 5.74) is 7.65. The quantitative estimate of drug-likeness (QED) is 0.856. The van der Waals surface area contributed by atoms with Crippen LogP contribution in [-0.2, 0) is 6.54 Å². The molecule has 0 radical (unpaired) electrons. The second kappa shape index (κ2) is 6.74. The molecule has 21 heavy (non-hydrogen) atoms. The summed E-state index contributed by atoms with van der Waals surface area (Å²) in [7, 11) is 1.73. The van der Waals surface area contributed by atoms with E-state index in [9.17, 15) is 4.79 Å². The molecule has 5 heteroatoms. The number of pyridine rings is 1. The largest absolute Gasteiger partial charge is 0.491 e. The van der Waals surface area contributed by atoms with E-state index in [0.29, 0.717) is 30.2 Å². The molecule has 0 atom stereocenters. The van der Waals surface area contributed by atoms with E-state index < -0.39 is 0 Å². The lowest BCUT2D eigenvalue weighted by Gasteiger charge is -2.19. The molecule has 1 aromatic heterocycles. The third kappa shape index (κ3) is 3.51. The lowest BCUT2D eigenvalue weighted by Crippen LogP contribution is -2.27. The number of benzene rings is 1. The molecule has 0 unspecified atom stereocenters. The molecule has 0 fully saturated rings. The third-order valence-electron chi connectivity index (χ3n) is 3.04. The minimum absolute atomic E-state index is 0.142. The standard InChI is InChI=1S/C16H19N3O2/c1-3-21-15-13(8-6-9-14(15)17)16(20)19(2)11-12-7-4-5-10-18-12/h4-10H,3,11,17H2,1-2H3. The Bertz CT molecular complexity index is 614. The van der Waals surface area contributed by atoms with Crippen molar-refractivity contribution in [3.8, 4) is 5.75 Å². The first-order chi connectivity index (χ1) is 10.1. The zero-order chi connectivity index (χ0) is 15.2. The van der Waals surface area contributed by atoms with Gasteiger partial charge >= 0.3 is 0 Å². The van der Waals surface area contributed by atoms with Gasteiger partial charge in [0.15, 0.2) is 5.75 Å². The average molecular weight is 285 g/mol. The van der Waals surface area contributed by atoms with Crippen LogP contribution in [0.5, 0.6) is 5.75 Å². The summed E-state index contributed by atoms with van der Waals surface area (Å²) in [5.74, 6) is 0.300. The maximum absolute atomic E-state index is 12.6. The molecule has 0 aliphatic rings. The Morgan fingerprint density at radius 1 is 1.29 bits per heavy atom. The summed E-state index contributed by atoms with van der Waals surface area (Å²) in [6.07, 6.45) is 1.71. The van der Waals surface area contributed by atoms with Crippen molar-refractivity contribution < 1.29 is 9.53 Å². The molecule has 0 aliphatic carbocycles. The smallest absolute Gasteiger partial charge is 0.257 e. The van der Waals surface area contributed by atoms with E-state index in [2.05, 4.69) is 4.98 Å². The van der Waals surface area contributed by atoms with Gasteiger partial charge in [0.25, 0.3) is 5.91 Å². The summed E-state index contributed by atoms with van der Waals surface area (Å²) in [4.78, 5) is 18.4. The second-order valence-electron chi connectivity index (χ2n) is 4.64. The molecule has 0 saturated carbocycles. The van der Waals surface area contributed by atoms with Gasteiger partial charge in [-0.1, -0.05) is 12.1 Å². The van der Waals surface area contributed by atoms with Crippen LogP contribution in [0, 0.1) is 0 Å². The number of anilines is 1. The average Bonchev–Trinajstić information content (AvgIpc) is 2.50. The number of ether oxygens (including phenoxy) is 1. The van der Waals surface area contributed by atoms with Crippen molar-refractivity contribution in [1.82, 2.24) is 9.88 Å². The zero-order valence-corrected chi connectivity index (χ0v) is 12.2. The van der Waals surface area contributed by atoms with Crippen LogP contribution < -0.4 is 10.5 Å². The highest BCUT2D eigenvalue weighted by atomic mass is 16.5. The van der Waals surface area contributed by atoms with E-state index in [-0.39, 0.29) is 5.91 Å². The molecule has 2 aromatic rings. The number of nitrogen functional groups attached to an aromatic ring is 1. The van der Waals surface area contributed by atoms with Gasteiger partial charge in [0.1, 0.15) is 0 Å². The van der Waals surface area contributed by atoms with Crippen LogP contribution in [0.3, 0.4) is 0 Å². The van der Waals surface area contributed by atoms with Crippen LogP contribution in [0.2, 0.25) is 0 Å². The normalized spacial score (nSPS) is 10.2. The van der Waals surface area contributed by atoms with Crippen molar-refractivity contribution >= 4 is 11.6 Å². The van der Waals surface area contributed by atoms with Gasteiger partial charge in [-0.05, 0) is 31.2 Å². The fourth-order valence-electron chi connectivity index (χ4n) is 2.04. The predicted molar refractivity (Wildman–Crippen MR) is 82.1 cm³/mol. The molecule has 1 heterocycles. The number of hydrogen-bond acceptors (Lipinski definition) is 4. The molecular formula is C16H19N3O2. The SMILES string of the molecule is CCOc1c(N)cccc1C(=O)N(C)Cc1ccccn1. The van der Waals surface area contributed by atoms with Crippen molar-refractivity contribution in [2.24, 2.45) is 0 Å². The van der Waals surface area contributed by atoms with Gasteiger partial charge in [0.2, 0.25) is 0 Å². The maximum Gasteiger partial charge on any atom is 0.257 e. The summed E-state index contributed by atoms with van der Waals surface area (Å²) >= 11 is 0. The highest BCUT2D eigenvalue weighted by molar-refractivity contribution is 5.98. The van der Waals surface area contributed by atoms with Crippen molar-refractivity contribution in [2.75, 3.05) is 19.4 Å². The van der Waals surface area contributed by atoms with Crippen molar-refractivity contribution in [3.63, 3.8) is 0 Å². The molecule has 2 rings (SSSR count). The van der Waals surface area contributed by atoms with Crippen LogP contribution in [-0.4, -0.2) is 29.4 Å². The minimum atomic E-state index is -0.142. The maximum atomic E-state index is 12.6. The Balaban J connectivity index is 2.21. The van der Waals surface area contributed by atoms with Gasteiger partial charge in [0, 0.05) is 13.2 Å². The van der Waals surface area contributed by atoms with Crippen molar-refractivity contribution in [1.29, 1.82) is 0 Å². The van der Waals surface area contributed by atoms with E-state index in [1.54, 1.807) is 36.3 Å². The highest BCUT2D eigenvalue weighted by Crippen LogP contribution is 2.27. The Morgan fingerprint density at radius 3 is 2.76 bits per heavy atom. The van der Waals surface area contributed by atoms with Crippen LogP contribution in [0.25, 0.3) is 0 Å². The van der Waals surface area contributed by atoms with E-state index in [1.807, 2.05) is 25.1 Å². The van der Waals surface area contributed by atoms with E-state index >= 15 is 0 Å². The number of carbonyl (C=O) groups excluding carboxylic acids is 1. The predicted octanol–water partition coefficient (Wildman–Crippen LogP) is 2.33. The summed E-state index contributed by atoms with van der Waals surface area (Å²) in [5, 5.41) is 0. The molecule has 1 aromatic carbocycles. The minimum Gasteiger partial charge on any atom is -0.491 e. The number of para-hydroxylation sites is 1. The number of rotatable bonds is 5. The number of carbonyl (C=O) groups is 1. The lowest BCUT2D eigenvalue weighted by atomic mass is 10.1. The van der Waals surface area contributed by atoms with Gasteiger partial charge < -0.3 is 15.4 Å². The van der Waals surface area contributed by atoms with Gasteiger partial charge in [-0.15, -0.1) is 0 Å². The van der Waals surface area contributed by atoms with Crippen LogP contribution >= 0.6 is 0 Å². The Morgan fingerprint density at radius 2 is 2.10 bits per heavy atom. The number of nitrogens with two attached hydrogens (primary N) is 1. The van der Waals surface area contributed by atoms with Crippen LogP contribution in [0.1, 0.15) is 23.0 Å². The molecule has 0 saturated heterocycles. The molecular weight excluding hydrogens is 266 g/mol. The fourth-order valence-corrected chi connectivity index (χ4v) is 2.04. The Kier molecular flexibility index (Phi) is 4.77. The van der Waals surface area contributed by atoms with Gasteiger partial charge in [-0.2, -0.15) is 0 Å². The summed E-state index contributed by atoms with van der Waals surface area (Å²) < 4.78 is 5.50. The molecule has 0 aliphatic heterocycles. The summed E-state index contributed by atoms with van der Waals surface area (Å²) in [6.45, 7) is 2.75. The topological polar surface area (TPSA) is 68.5 Å². The number of amides is 1. The molecule has 0 spiro atoms. The first-order valence-corrected chi connectivity index (χ1v) is 6.80. The van der Waals surface area contributed by atoms with Gasteiger partial charge in [0.05, 0.1) is 30.1 Å². The van der Waals surface area contributed by atoms with Crippen molar-refractivity contribution in [2.45, 2.75) is 13.5 Å². The monoisotopic (exact) mass is 285 g/mol. The molecule has 0 bridgehead atoms. The lowest BCUT2D eigenvalue weighted by molar-refractivity contribution is 0.0779. The van der Waals surface area contributed by atoms with Crippen molar-refractivity contribution in [3.05, 3.63) is 53.9 Å². The first-order valence-electron chi connectivity index (χ1n) is 6.80. The Hall–Kier alpha value is -2.56. The van der Waals surface area contributed by atoms with E-state index in [0.717, 1.165) is 5.69 Å². The number of nitrogens with zero attached hydrogens (tertiary/aromatic N) is 2. The molecule has 1 amide bonds. The number of aromatic nitrogens is 1. The van der Waals surface area contributed by atoms with E-state index in [1.165, 1.54) is 0 Å².